The van der Waals surface area contributed by atoms with E-state index >= 15 is 0 Å². The molecule has 100 valence electrons. The third kappa shape index (κ3) is 3.47. The zero-order valence-electron chi connectivity index (χ0n) is 10.8. The smallest absolute Gasteiger partial charge is 0.223 e. The van der Waals surface area contributed by atoms with E-state index in [0.29, 0.717) is 6.42 Å². The molecule has 2 fully saturated rings. The Bertz CT molecular complexity index is 329. The molecule has 0 aliphatic carbocycles. The molecule has 2 saturated heterocycles. The lowest BCUT2D eigenvalue weighted by atomic mass is 10.1. The number of hydrogen-bond donors (Lipinski definition) is 1. The van der Waals surface area contributed by atoms with Crippen LogP contribution in [-0.2, 0) is 4.79 Å². The highest BCUT2D eigenvalue weighted by atomic mass is 16.3. The van der Waals surface area contributed by atoms with Crippen LogP contribution < -0.4 is 0 Å². The van der Waals surface area contributed by atoms with E-state index in [4.69, 9.17) is 6.42 Å². The maximum absolute atomic E-state index is 11.7. The van der Waals surface area contributed by atoms with Gasteiger partial charge in [-0.2, -0.15) is 0 Å². The fraction of sp³-hybridized carbons (Fsp3) is 0.786. The third-order valence-corrected chi connectivity index (χ3v) is 3.91. The number of likely N-dealkylation sites (tertiary alicyclic amines) is 2. The number of amides is 1. The molecule has 4 nitrogen and oxygen atoms in total. The van der Waals surface area contributed by atoms with E-state index in [1.165, 1.54) is 0 Å². The number of aliphatic hydroxyl groups is 1. The summed E-state index contributed by atoms with van der Waals surface area (Å²) in [4.78, 5) is 15.9. The topological polar surface area (TPSA) is 43.8 Å². The number of rotatable bonds is 4. The van der Waals surface area contributed by atoms with Crippen molar-refractivity contribution in [1.29, 1.82) is 0 Å². The van der Waals surface area contributed by atoms with Crippen LogP contribution in [0.5, 0.6) is 0 Å². The van der Waals surface area contributed by atoms with Gasteiger partial charge in [0, 0.05) is 38.5 Å². The molecular formula is C14H22N2O2. The van der Waals surface area contributed by atoms with E-state index in [-0.39, 0.29) is 17.9 Å². The van der Waals surface area contributed by atoms with Gasteiger partial charge >= 0.3 is 0 Å². The summed E-state index contributed by atoms with van der Waals surface area (Å²) in [5, 5.41) is 9.42. The van der Waals surface area contributed by atoms with Gasteiger partial charge in [-0.15, -0.1) is 12.3 Å². The minimum absolute atomic E-state index is 0.113. The predicted octanol–water partition coefficient (Wildman–Crippen LogP) is 0.315. The Morgan fingerprint density at radius 2 is 2.06 bits per heavy atom. The summed E-state index contributed by atoms with van der Waals surface area (Å²) in [6.07, 6.45) is 8.52. The molecule has 1 N–H and O–H groups in total. The fourth-order valence-electron chi connectivity index (χ4n) is 2.73. The Morgan fingerprint density at radius 1 is 1.33 bits per heavy atom. The maximum atomic E-state index is 11.7. The molecule has 1 atom stereocenters. The van der Waals surface area contributed by atoms with Crippen molar-refractivity contribution < 1.29 is 9.90 Å². The molecule has 0 saturated carbocycles. The maximum Gasteiger partial charge on any atom is 0.223 e. The van der Waals surface area contributed by atoms with Crippen LogP contribution in [0.4, 0.5) is 0 Å². The first-order chi connectivity index (χ1) is 8.69. The summed E-state index contributed by atoms with van der Waals surface area (Å²) >= 11 is 0. The van der Waals surface area contributed by atoms with Crippen molar-refractivity contribution in [3.63, 3.8) is 0 Å². The Hall–Kier alpha value is -1.05. The number of aliphatic hydroxyl groups excluding tert-OH is 1. The lowest BCUT2D eigenvalue weighted by Crippen LogP contribution is -2.37. The average molecular weight is 250 g/mol. The second-order valence-electron chi connectivity index (χ2n) is 5.33. The summed E-state index contributed by atoms with van der Waals surface area (Å²) in [5.41, 5.74) is 0. The van der Waals surface area contributed by atoms with Gasteiger partial charge in [-0.3, -0.25) is 4.79 Å². The monoisotopic (exact) mass is 250 g/mol. The predicted molar refractivity (Wildman–Crippen MR) is 69.8 cm³/mol. The summed E-state index contributed by atoms with van der Waals surface area (Å²) in [6.45, 7) is 4.51. The van der Waals surface area contributed by atoms with Gasteiger partial charge < -0.3 is 14.9 Å². The SMILES string of the molecule is C#CC1CC(=O)N(CCCN2CCC(O)CC2)C1. The van der Waals surface area contributed by atoms with Crippen LogP contribution in [0, 0.1) is 18.3 Å². The standard InChI is InChI=1S/C14H22N2O2/c1-2-12-10-14(18)16(11-12)7-3-6-15-8-4-13(17)5-9-15/h1,12-13,17H,3-11H2. The number of carbonyl (C=O) groups is 1. The molecule has 0 aromatic heterocycles. The van der Waals surface area contributed by atoms with Crippen molar-refractivity contribution in [2.45, 2.75) is 31.8 Å². The number of hydrogen-bond acceptors (Lipinski definition) is 3. The van der Waals surface area contributed by atoms with E-state index in [1.54, 1.807) is 0 Å². The second kappa shape index (κ2) is 6.21. The molecule has 0 radical (unpaired) electrons. The molecular weight excluding hydrogens is 228 g/mol. The van der Waals surface area contributed by atoms with Gasteiger partial charge in [-0.05, 0) is 25.8 Å². The minimum atomic E-state index is -0.113. The lowest BCUT2D eigenvalue weighted by molar-refractivity contribution is -0.127. The van der Waals surface area contributed by atoms with Crippen LogP contribution in [0.15, 0.2) is 0 Å². The first-order valence-electron chi connectivity index (χ1n) is 6.83. The van der Waals surface area contributed by atoms with Gasteiger partial charge in [0.2, 0.25) is 5.91 Å². The summed E-state index contributed by atoms with van der Waals surface area (Å²) in [6, 6.07) is 0. The van der Waals surface area contributed by atoms with Gasteiger partial charge in [0.1, 0.15) is 0 Å². The van der Waals surface area contributed by atoms with Gasteiger partial charge in [0.25, 0.3) is 0 Å². The van der Waals surface area contributed by atoms with E-state index in [9.17, 15) is 9.90 Å². The van der Waals surface area contributed by atoms with Crippen molar-refractivity contribution in [2.24, 2.45) is 5.92 Å². The summed E-state index contributed by atoms with van der Waals surface area (Å²) in [7, 11) is 0. The van der Waals surface area contributed by atoms with Crippen LogP contribution >= 0.6 is 0 Å². The lowest BCUT2D eigenvalue weighted by Gasteiger charge is -2.29. The summed E-state index contributed by atoms with van der Waals surface area (Å²) < 4.78 is 0. The summed E-state index contributed by atoms with van der Waals surface area (Å²) in [5.74, 6) is 2.98. The quantitative estimate of drug-likeness (QED) is 0.731. The van der Waals surface area contributed by atoms with Gasteiger partial charge in [0.15, 0.2) is 0 Å². The Labute approximate surface area is 109 Å². The van der Waals surface area contributed by atoms with Gasteiger partial charge in [-0.25, -0.2) is 0 Å². The molecule has 1 amide bonds. The largest absolute Gasteiger partial charge is 0.393 e. The van der Waals surface area contributed by atoms with E-state index in [1.807, 2.05) is 4.90 Å². The third-order valence-electron chi connectivity index (χ3n) is 3.91. The van der Waals surface area contributed by atoms with Crippen LogP contribution in [0.3, 0.4) is 0 Å². The van der Waals surface area contributed by atoms with Crippen LogP contribution in [0.2, 0.25) is 0 Å². The highest BCUT2D eigenvalue weighted by Crippen LogP contribution is 2.17. The van der Waals surface area contributed by atoms with Gasteiger partial charge in [-0.1, -0.05) is 0 Å². The highest BCUT2D eigenvalue weighted by molar-refractivity contribution is 5.79. The zero-order chi connectivity index (χ0) is 13.0. The average Bonchev–Trinajstić information content (AvgIpc) is 2.73. The minimum Gasteiger partial charge on any atom is -0.393 e. The van der Waals surface area contributed by atoms with Crippen molar-refractivity contribution in [2.75, 3.05) is 32.7 Å². The van der Waals surface area contributed by atoms with Crippen molar-refractivity contribution in [3.8, 4) is 12.3 Å². The molecule has 2 aliphatic heterocycles. The normalized spacial score (nSPS) is 26.6. The number of terminal acetylenes is 1. The molecule has 0 aromatic carbocycles. The Balaban J connectivity index is 1.64. The molecule has 2 aliphatic rings. The van der Waals surface area contributed by atoms with Crippen molar-refractivity contribution in [3.05, 3.63) is 0 Å². The molecule has 4 heteroatoms. The molecule has 1 unspecified atom stereocenters. The second-order valence-corrected chi connectivity index (χ2v) is 5.33. The first-order valence-corrected chi connectivity index (χ1v) is 6.83. The molecule has 18 heavy (non-hydrogen) atoms. The van der Waals surface area contributed by atoms with Crippen molar-refractivity contribution in [1.82, 2.24) is 9.80 Å². The molecule has 0 spiro atoms. The van der Waals surface area contributed by atoms with Crippen molar-refractivity contribution >= 4 is 5.91 Å². The highest BCUT2D eigenvalue weighted by Gasteiger charge is 2.27. The Morgan fingerprint density at radius 3 is 2.67 bits per heavy atom. The van der Waals surface area contributed by atoms with Crippen LogP contribution in [0.25, 0.3) is 0 Å². The van der Waals surface area contributed by atoms with E-state index < -0.39 is 0 Å². The van der Waals surface area contributed by atoms with Gasteiger partial charge in [0.05, 0.1) is 6.10 Å². The molecule has 0 aromatic rings. The molecule has 2 heterocycles. The number of carbonyl (C=O) groups excluding carboxylic acids is 1. The van der Waals surface area contributed by atoms with E-state index in [0.717, 1.165) is 52.0 Å². The fourth-order valence-corrected chi connectivity index (χ4v) is 2.73. The zero-order valence-corrected chi connectivity index (χ0v) is 10.8. The van der Waals surface area contributed by atoms with Crippen LogP contribution in [-0.4, -0.2) is 59.6 Å². The first kappa shape index (κ1) is 13.4. The number of piperidine rings is 1. The molecule has 0 bridgehead atoms. The van der Waals surface area contributed by atoms with Crippen LogP contribution in [0.1, 0.15) is 25.7 Å². The number of nitrogens with zero attached hydrogens (tertiary/aromatic N) is 2. The van der Waals surface area contributed by atoms with E-state index in [2.05, 4.69) is 10.8 Å². The molecule has 2 rings (SSSR count). The Kier molecular flexibility index (Phi) is 4.62.